The van der Waals surface area contributed by atoms with E-state index in [1.165, 1.54) is 6.08 Å². The summed E-state index contributed by atoms with van der Waals surface area (Å²) in [6, 6.07) is 12.6. The zero-order valence-corrected chi connectivity index (χ0v) is 15.4. The van der Waals surface area contributed by atoms with Gasteiger partial charge in [0.1, 0.15) is 0 Å². The lowest BCUT2D eigenvalue weighted by Crippen LogP contribution is -2.05. The molecule has 0 atom stereocenters. The maximum atomic E-state index is 12.1. The van der Waals surface area contributed by atoms with Crippen molar-refractivity contribution in [3.05, 3.63) is 54.1 Å². The second kappa shape index (κ2) is 10.1. The Balaban J connectivity index is 2.09. The largest absolute Gasteiger partial charge is 0.490 e. The SMILES string of the molecule is CCOc1ccc(C=CC(=O)Oc2ccccc2OCC)cc1OCC. The molecule has 0 radical (unpaired) electrons. The smallest absolute Gasteiger partial charge is 0.336 e. The van der Waals surface area contributed by atoms with Gasteiger partial charge in [0, 0.05) is 6.08 Å². The average Bonchev–Trinajstić information content (AvgIpc) is 2.64. The first-order chi connectivity index (χ1) is 12.7. The van der Waals surface area contributed by atoms with Crippen LogP contribution in [-0.4, -0.2) is 25.8 Å². The molecule has 0 saturated carbocycles. The van der Waals surface area contributed by atoms with E-state index in [1.807, 2.05) is 45.0 Å². The van der Waals surface area contributed by atoms with E-state index in [-0.39, 0.29) is 0 Å². The van der Waals surface area contributed by atoms with Crippen LogP contribution >= 0.6 is 0 Å². The van der Waals surface area contributed by atoms with E-state index < -0.39 is 5.97 Å². The highest BCUT2D eigenvalue weighted by atomic mass is 16.6. The number of hydrogen-bond donors (Lipinski definition) is 0. The van der Waals surface area contributed by atoms with E-state index in [4.69, 9.17) is 18.9 Å². The maximum Gasteiger partial charge on any atom is 0.336 e. The van der Waals surface area contributed by atoms with E-state index in [9.17, 15) is 4.79 Å². The molecule has 2 aromatic carbocycles. The predicted octanol–water partition coefficient (Wildman–Crippen LogP) is 4.50. The zero-order chi connectivity index (χ0) is 18.8. The fourth-order valence-corrected chi connectivity index (χ4v) is 2.29. The van der Waals surface area contributed by atoms with Crippen LogP contribution in [0, 0.1) is 0 Å². The van der Waals surface area contributed by atoms with Gasteiger partial charge in [0.05, 0.1) is 19.8 Å². The molecule has 0 unspecified atom stereocenters. The second-order valence-electron chi connectivity index (χ2n) is 5.21. The number of rotatable bonds is 9. The first-order valence-electron chi connectivity index (χ1n) is 8.69. The molecule has 0 aliphatic carbocycles. The van der Waals surface area contributed by atoms with Gasteiger partial charge in [-0.25, -0.2) is 4.79 Å². The number of ether oxygens (including phenoxy) is 4. The van der Waals surface area contributed by atoms with Crippen molar-refractivity contribution < 1.29 is 23.7 Å². The highest BCUT2D eigenvalue weighted by Crippen LogP contribution is 2.29. The van der Waals surface area contributed by atoms with Crippen LogP contribution in [0.25, 0.3) is 6.08 Å². The summed E-state index contributed by atoms with van der Waals surface area (Å²) in [6.07, 6.45) is 3.04. The van der Waals surface area contributed by atoms with Crippen molar-refractivity contribution in [3.8, 4) is 23.0 Å². The van der Waals surface area contributed by atoms with Gasteiger partial charge in [-0.1, -0.05) is 18.2 Å². The topological polar surface area (TPSA) is 54.0 Å². The molecule has 26 heavy (non-hydrogen) atoms. The lowest BCUT2D eigenvalue weighted by molar-refractivity contribution is -0.129. The summed E-state index contributed by atoms with van der Waals surface area (Å²) in [4.78, 5) is 12.1. The molecule has 0 aliphatic rings. The molecule has 2 aromatic rings. The molecule has 0 N–H and O–H groups in total. The molecule has 2 rings (SSSR count). The van der Waals surface area contributed by atoms with E-state index in [0.717, 1.165) is 5.56 Å². The standard InChI is InChI=1S/C21H24O5/c1-4-23-17-9-7-8-10-19(17)26-21(22)14-12-16-11-13-18(24-5-2)20(15-16)25-6-3/h7-15H,4-6H2,1-3H3. The summed E-state index contributed by atoms with van der Waals surface area (Å²) in [5.41, 5.74) is 0.812. The zero-order valence-electron chi connectivity index (χ0n) is 15.4. The quantitative estimate of drug-likeness (QED) is 0.376. The molecule has 0 aliphatic heterocycles. The number of hydrogen-bond acceptors (Lipinski definition) is 5. The van der Waals surface area contributed by atoms with Crippen molar-refractivity contribution in [2.24, 2.45) is 0 Å². The average molecular weight is 356 g/mol. The van der Waals surface area contributed by atoms with Crippen LogP contribution in [0.4, 0.5) is 0 Å². The summed E-state index contributed by atoms with van der Waals surface area (Å²) >= 11 is 0. The van der Waals surface area contributed by atoms with Crippen LogP contribution in [0.3, 0.4) is 0 Å². The van der Waals surface area contributed by atoms with Gasteiger partial charge in [-0.2, -0.15) is 0 Å². The summed E-state index contributed by atoms with van der Waals surface area (Å²) in [7, 11) is 0. The predicted molar refractivity (Wildman–Crippen MR) is 101 cm³/mol. The van der Waals surface area contributed by atoms with Crippen LogP contribution in [0.2, 0.25) is 0 Å². The van der Waals surface area contributed by atoms with Crippen molar-refractivity contribution in [2.75, 3.05) is 19.8 Å². The molecule has 138 valence electrons. The fraction of sp³-hybridized carbons (Fsp3) is 0.286. The van der Waals surface area contributed by atoms with Crippen molar-refractivity contribution in [2.45, 2.75) is 20.8 Å². The summed E-state index contributed by atoms with van der Waals surface area (Å²) in [5.74, 6) is 1.78. The van der Waals surface area contributed by atoms with Crippen molar-refractivity contribution in [3.63, 3.8) is 0 Å². The highest BCUT2D eigenvalue weighted by molar-refractivity contribution is 5.89. The minimum atomic E-state index is -0.482. The number of benzene rings is 2. The van der Waals surface area contributed by atoms with Crippen LogP contribution in [-0.2, 0) is 4.79 Å². The first-order valence-corrected chi connectivity index (χ1v) is 8.69. The van der Waals surface area contributed by atoms with E-state index in [0.29, 0.717) is 42.8 Å². The monoisotopic (exact) mass is 356 g/mol. The summed E-state index contributed by atoms with van der Waals surface area (Å²) in [6.45, 7) is 7.28. The van der Waals surface area contributed by atoms with Gasteiger partial charge < -0.3 is 18.9 Å². The van der Waals surface area contributed by atoms with Gasteiger partial charge in [-0.3, -0.25) is 0 Å². The third-order valence-electron chi connectivity index (χ3n) is 3.34. The molecule has 0 aromatic heterocycles. The molecule has 0 amide bonds. The minimum Gasteiger partial charge on any atom is -0.490 e. The Morgan fingerprint density at radius 1 is 0.808 bits per heavy atom. The molecule has 0 bridgehead atoms. The molecule has 0 heterocycles. The molecular formula is C21H24O5. The molecule has 0 spiro atoms. The normalized spacial score (nSPS) is 10.6. The molecular weight excluding hydrogens is 332 g/mol. The van der Waals surface area contributed by atoms with Crippen LogP contribution in [0.1, 0.15) is 26.3 Å². The van der Waals surface area contributed by atoms with Crippen LogP contribution in [0.15, 0.2) is 48.5 Å². The van der Waals surface area contributed by atoms with E-state index in [1.54, 1.807) is 24.3 Å². The Labute approximate surface area is 154 Å². The van der Waals surface area contributed by atoms with Crippen molar-refractivity contribution in [1.29, 1.82) is 0 Å². The molecule has 0 saturated heterocycles. The first kappa shape index (κ1) is 19.4. The van der Waals surface area contributed by atoms with Gasteiger partial charge in [-0.15, -0.1) is 0 Å². The molecule has 5 nitrogen and oxygen atoms in total. The molecule has 0 fully saturated rings. The maximum absolute atomic E-state index is 12.1. The van der Waals surface area contributed by atoms with Gasteiger partial charge in [0.15, 0.2) is 23.0 Å². The van der Waals surface area contributed by atoms with Crippen LogP contribution in [0.5, 0.6) is 23.0 Å². The van der Waals surface area contributed by atoms with Crippen molar-refractivity contribution in [1.82, 2.24) is 0 Å². The Hall–Kier alpha value is -2.95. The number of carbonyl (C=O) groups excluding carboxylic acids is 1. The van der Waals surface area contributed by atoms with Gasteiger partial charge >= 0.3 is 5.97 Å². The van der Waals surface area contributed by atoms with Gasteiger partial charge in [0.25, 0.3) is 0 Å². The minimum absolute atomic E-state index is 0.394. The van der Waals surface area contributed by atoms with Gasteiger partial charge in [0.2, 0.25) is 0 Å². The Kier molecular flexibility index (Phi) is 7.55. The number of para-hydroxylation sites is 2. The summed E-state index contributed by atoms with van der Waals surface area (Å²) in [5, 5.41) is 0. The Morgan fingerprint density at radius 2 is 1.38 bits per heavy atom. The third kappa shape index (κ3) is 5.55. The summed E-state index contributed by atoms with van der Waals surface area (Å²) < 4.78 is 21.9. The Bertz CT molecular complexity index is 752. The molecule has 5 heteroatoms. The Morgan fingerprint density at radius 3 is 2.04 bits per heavy atom. The second-order valence-corrected chi connectivity index (χ2v) is 5.21. The van der Waals surface area contributed by atoms with Crippen LogP contribution < -0.4 is 18.9 Å². The number of carbonyl (C=O) groups is 1. The van der Waals surface area contributed by atoms with E-state index >= 15 is 0 Å². The van der Waals surface area contributed by atoms with Gasteiger partial charge in [-0.05, 0) is 56.7 Å². The van der Waals surface area contributed by atoms with Crippen molar-refractivity contribution >= 4 is 12.0 Å². The van der Waals surface area contributed by atoms with E-state index in [2.05, 4.69) is 0 Å². The lowest BCUT2D eigenvalue weighted by Gasteiger charge is -2.11. The number of esters is 1. The fourth-order valence-electron chi connectivity index (χ4n) is 2.29. The lowest BCUT2D eigenvalue weighted by atomic mass is 10.2. The highest BCUT2D eigenvalue weighted by Gasteiger charge is 2.08. The third-order valence-corrected chi connectivity index (χ3v) is 3.34.